The number of aromatic nitrogens is 1. The number of fused-ring (bicyclic) bond motifs is 1. The molecule has 1 aromatic heterocycles. The lowest BCUT2D eigenvalue weighted by molar-refractivity contribution is -0.132. The van der Waals surface area contributed by atoms with Crippen molar-refractivity contribution in [2.75, 3.05) is 31.8 Å². The summed E-state index contributed by atoms with van der Waals surface area (Å²) >= 11 is 0.938. The molecule has 0 bridgehead atoms. The topological polar surface area (TPSA) is 124 Å². The summed E-state index contributed by atoms with van der Waals surface area (Å²) in [5, 5.41) is 11.7. The number of Topliss-reactive ketones (excluding diaryl/α,β-unsaturated/α-hetero) is 1. The lowest BCUT2D eigenvalue weighted by Gasteiger charge is -2.24. The number of benzene rings is 2. The third kappa shape index (κ3) is 5.49. The number of methoxy groups -OCH3 is 1. The molecule has 1 fully saturated rings. The molecule has 1 unspecified atom stereocenters. The molecule has 3 aromatic rings. The van der Waals surface area contributed by atoms with Gasteiger partial charge in [0.2, 0.25) is 0 Å². The number of carbonyl (C=O) groups is 3. The van der Waals surface area contributed by atoms with E-state index in [0.717, 1.165) is 17.8 Å². The fourth-order valence-corrected chi connectivity index (χ4v) is 5.66. The molecule has 2 aliphatic rings. The molecule has 0 spiro atoms. The van der Waals surface area contributed by atoms with Crippen LogP contribution in [0.2, 0.25) is 0 Å². The summed E-state index contributed by atoms with van der Waals surface area (Å²) in [7, 11) is 1.26. The van der Waals surface area contributed by atoms with Gasteiger partial charge in [0.15, 0.2) is 16.6 Å². The smallest absolute Gasteiger partial charge is 0.350 e. The Morgan fingerprint density at radius 1 is 1.15 bits per heavy atom. The van der Waals surface area contributed by atoms with Gasteiger partial charge in [0.25, 0.3) is 5.78 Å². The van der Waals surface area contributed by atoms with E-state index in [1.165, 1.54) is 12.0 Å². The average Bonchev–Trinajstić information content (AvgIpc) is 3.48. The van der Waals surface area contributed by atoms with Gasteiger partial charge in [0.1, 0.15) is 29.6 Å². The first-order valence-electron chi connectivity index (χ1n) is 13.2. The monoisotopic (exact) mass is 578 g/mol. The van der Waals surface area contributed by atoms with E-state index < -0.39 is 23.7 Å². The Morgan fingerprint density at radius 3 is 2.63 bits per heavy atom. The van der Waals surface area contributed by atoms with E-state index in [-0.39, 0.29) is 26.9 Å². The summed E-state index contributed by atoms with van der Waals surface area (Å²) in [6.07, 6.45) is 0.849. The van der Waals surface area contributed by atoms with Gasteiger partial charge in [0, 0.05) is 5.56 Å². The van der Waals surface area contributed by atoms with Crippen molar-refractivity contribution < 1.29 is 38.4 Å². The number of anilines is 1. The van der Waals surface area contributed by atoms with Gasteiger partial charge in [-0.05, 0) is 55.2 Å². The third-order valence-corrected chi connectivity index (χ3v) is 7.90. The van der Waals surface area contributed by atoms with Crippen LogP contribution >= 0.6 is 11.3 Å². The fraction of sp³-hybridized carbons (Fsp3) is 0.333. The molecule has 10 nitrogen and oxygen atoms in total. The van der Waals surface area contributed by atoms with Crippen LogP contribution in [0.15, 0.2) is 48.0 Å². The standard InChI is InChI=1S/C30H30N2O8S/c1-16(2)10-11-38-20-7-5-6-18(14-20)24-23(25(33)19-8-9-21-22(15-19)40-13-12-39-21)26(34)28(35)32(24)30-31-17(3)27(41-30)29(36)37-4/h5-9,14-16,24,33H,10-13H2,1-4H3/b25-23+. The Bertz CT molecular complexity index is 1540. The maximum absolute atomic E-state index is 13.6. The Labute approximate surface area is 241 Å². The van der Waals surface area contributed by atoms with Crippen LogP contribution in [0.5, 0.6) is 17.2 Å². The molecule has 1 saturated heterocycles. The predicted octanol–water partition coefficient (Wildman–Crippen LogP) is 5.06. The number of hydrogen-bond donors (Lipinski definition) is 1. The Morgan fingerprint density at radius 2 is 1.90 bits per heavy atom. The minimum Gasteiger partial charge on any atom is -0.507 e. The lowest BCUT2D eigenvalue weighted by Crippen LogP contribution is -2.29. The highest BCUT2D eigenvalue weighted by molar-refractivity contribution is 7.17. The van der Waals surface area contributed by atoms with E-state index in [4.69, 9.17) is 18.9 Å². The number of aliphatic hydroxyl groups is 1. The van der Waals surface area contributed by atoms with Crippen molar-refractivity contribution in [3.05, 3.63) is 69.7 Å². The zero-order chi connectivity index (χ0) is 29.3. The summed E-state index contributed by atoms with van der Waals surface area (Å²) < 4.78 is 22.0. The number of hydrogen-bond acceptors (Lipinski definition) is 10. The molecule has 2 aromatic carbocycles. The van der Waals surface area contributed by atoms with Gasteiger partial charge in [-0.3, -0.25) is 14.5 Å². The fourth-order valence-electron chi connectivity index (χ4n) is 4.65. The van der Waals surface area contributed by atoms with Gasteiger partial charge in [-0.2, -0.15) is 0 Å². The summed E-state index contributed by atoms with van der Waals surface area (Å²) in [4.78, 5) is 45.3. The van der Waals surface area contributed by atoms with Crippen molar-refractivity contribution in [3.63, 3.8) is 0 Å². The van der Waals surface area contributed by atoms with Crippen LogP contribution in [0.25, 0.3) is 5.76 Å². The van der Waals surface area contributed by atoms with Crippen molar-refractivity contribution in [2.24, 2.45) is 5.92 Å². The molecule has 1 N–H and O–H groups in total. The number of esters is 1. The van der Waals surface area contributed by atoms with Crippen molar-refractivity contribution in [3.8, 4) is 17.2 Å². The maximum Gasteiger partial charge on any atom is 0.350 e. The number of aryl methyl sites for hydroxylation is 1. The molecule has 214 valence electrons. The number of thiazole rings is 1. The minimum absolute atomic E-state index is 0.126. The number of rotatable bonds is 8. The van der Waals surface area contributed by atoms with E-state index >= 15 is 0 Å². The molecule has 0 aliphatic carbocycles. The first-order valence-corrected chi connectivity index (χ1v) is 14.0. The van der Waals surface area contributed by atoms with Gasteiger partial charge < -0.3 is 24.1 Å². The van der Waals surface area contributed by atoms with Crippen LogP contribution in [-0.4, -0.2) is 54.7 Å². The first kappa shape index (κ1) is 28.2. The third-order valence-electron chi connectivity index (χ3n) is 6.76. The zero-order valence-corrected chi connectivity index (χ0v) is 23.9. The predicted molar refractivity (Wildman–Crippen MR) is 152 cm³/mol. The Hall–Kier alpha value is -4.38. The summed E-state index contributed by atoms with van der Waals surface area (Å²) in [5.74, 6) is -0.801. The molecule has 1 amide bonds. The SMILES string of the molecule is COC(=O)c1sc(N2C(=O)C(=O)/C(=C(/O)c3ccc4c(c3)OCCO4)C2c2cccc(OCCC(C)C)c2)nc1C. The van der Waals surface area contributed by atoms with Gasteiger partial charge in [-0.15, -0.1) is 0 Å². The minimum atomic E-state index is -1.05. The molecule has 5 rings (SSSR count). The van der Waals surface area contributed by atoms with Gasteiger partial charge in [0.05, 0.1) is 31.0 Å². The Balaban J connectivity index is 1.64. The van der Waals surface area contributed by atoms with Crippen LogP contribution < -0.4 is 19.1 Å². The highest BCUT2D eigenvalue weighted by atomic mass is 32.1. The number of carbonyl (C=O) groups excluding carboxylic acids is 3. The summed E-state index contributed by atoms with van der Waals surface area (Å²) in [5.41, 5.74) is 1.04. The summed E-state index contributed by atoms with van der Waals surface area (Å²) in [6, 6.07) is 10.8. The molecule has 0 saturated carbocycles. The second kappa shape index (κ2) is 11.6. The number of ketones is 1. The molecular weight excluding hydrogens is 548 g/mol. The lowest BCUT2D eigenvalue weighted by atomic mass is 9.95. The quantitative estimate of drug-likeness (QED) is 0.169. The molecule has 11 heteroatoms. The number of nitrogens with zero attached hydrogens (tertiary/aromatic N) is 2. The van der Waals surface area contributed by atoms with E-state index in [0.29, 0.717) is 54.2 Å². The number of aliphatic hydroxyl groups excluding tert-OH is 1. The molecule has 2 aliphatic heterocycles. The second-order valence-electron chi connectivity index (χ2n) is 10.0. The normalized spacial score (nSPS) is 17.7. The number of ether oxygens (including phenoxy) is 4. The molecule has 3 heterocycles. The van der Waals surface area contributed by atoms with Gasteiger partial charge in [-0.25, -0.2) is 9.78 Å². The van der Waals surface area contributed by atoms with Crippen LogP contribution in [-0.2, 0) is 14.3 Å². The van der Waals surface area contributed by atoms with Gasteiger partial charge in [-0.1, -0.05) is 37.3 Å². The zero-order valence-electron chi connectivity index (χ0n) is 23.1. The van der Waals surface area contributed by atoms with Gasteiger partial charge >= 0.3 is 11.9 Å². The van der Waals surface area contributed by atoms with Crippen molar-refractivity contribution in [1.82, 2.24) is 4.98 Å². The van der Waals surface area contributed by atoms with Crippen LogP contribution in [0.1, 0.15) is 52.8 Å². The van der Waals surface area contributed by atoms with Crippen molar-refractivity contribution >= 4 is 39.9 Å². The average molecular weight is 579 g/mol. The van der Waals surface area contributed by atoms with Crippen molar-refractivity contribution in [2.45, 2.75) is 33.2 Å². The highest BCUT2D eigenvalue weighted by Crippen LogP contribution is 2.45. The van der Waals surface area contributed by atoms with Crippen LogP contribution in [0, 0.1) is 12.8 Å². The van der Waals surface area contributed by atoms with E-state index in [1.807, 2.05) is 0 Å². The van der Waals surface area contributed by atoms with E-state index in [2.05, 4.69) is 18.8 Å². The first-order chi connectivity index (χ1) is 19.7. The maximum atomic E-state index is 13.6. The summed E-state index contributed by atoms with van der Waals surface area (Å²) in [6.45, 7) is 7.06. The van der Waals surface area contributed by atoms with Crippen LogP contribution in [0.3, 0.4) is 0 Å². The molecular formula is C30H30N2O8S. The molecule has 1 atom stereocenters. The van der Waals surface area contributed by atoms with E-state index in [9.17, 15) is 19.5 Å². The second-order valence-corrected chi connectivity index (χ2v) is 11.0. The largest absolute Gasteiger partial charge is 0.507 e. The molecule has 41 heavy (non-hydrogen) atoms. The highest BCUT2D eigenvalue weighted by Gasteiger charge is 2.48. The molecule has 0 radical (unpaired) electrons. The number of amides is 1. The van der Waals surface area contributed by atoms with Crippen molar-refractivity contribution in [1.29, 1.82) is 0 Å². The van der Waals surface area contributed by atoms with Crippen LogP contribution in [0.4, 0.5) is 5.13 Å². The Kier molecular flexibility index (Phi) is 7.98. The van der Waals surface area contributed by atoms with E-state index in [1.54, 1.807) is 49.4 Å².